The average Bonchev–Trinajstić information content (AvgIpc) is 2.45. The number of urea groups is 1. The van der Waals surface area contributed by atoms with Crippen molar-refractivity contribution in [2.75, 3.05) is 5.32 Å². The van der Waals surface area contributed by atoms with Gasteiger partial charge in [0.05, 0.1) is 11.6 Å². The van der Waals surface area contributed by atoms with Crippen LogP contribution < -0.4 is 10.6 Å². The number of anilines is 1. The zero-order valence-electron chi connectivity index (χ0n) is 11.2. The first kappa shape index (κ1) is 13.6. The van der Waals surface area contributed by atoms with Gasteiger partial charge in [-0.2, -0.15) is 5.26 Å². The summed E-state index contributed by atoms with van der Waals surface area (Å²) in [5.74, 6) is 0. The zero-order valence-corrected chi connectivity index (χ0v) is 11.2. The quantitative estimate of drug-likeness (QED) is 0.895. The number of benzene rings is 2. The van der Waals surface area contributed by atoms with Crippen molar-refractivity contribution >= 4 is 11.7 Å². The Morgan fingerprint density at radius 3 is 2.75 bits per heavy atom. The van der Waals surface area contributed by atoms with Gasteiger partial charge in [-0.3, -0.25) is 0 Å². The van der Waals surface area contributed by atoms with Crippen LogP contribution in [0.2, 0.25) is 0 Å². The molecule has 0 bridgehead atoms. The van der Waals surface area contributed by atoms with Crippen molar-refractivity contribution < 1.29 is 4.79 Å². The summed E-state index contributed by atoms with van der Waals surface area (Å²) in [4.78, 5) is 11.8. The van der Waals surface area contributed by atoms with Gasteiger partial charge in [0.15, 0.2) is 0 Å². The van der Waals surface area contributed by atoms with E-state index in [9.17, 15) is 4.79 Å². The number of hydrogen-bond acceptors (Lipinski definition) is 2. The molecule has 0 aliphatic rings. The lowest BCUT2D eigenvalue weighted by Gasteiger charge is -2.08. The molecule has 0 aliphatic heterocycles. The first-order chi connectivity index (χ1) is 9.67. The Bertz CT molecular complexity index is 659. The zero-order chi connectivity index (χ0) is 14.4. The molecular weight excluding hydrogens is 250 g/mol. The maximum atomic E-state index is 11.8. The number of carbonyl (C=O) groups is 1. The number of rotatable bonds is 3. The Kier molecular flexibility index (Phi) is 4.35. The second-order valence-corrected chi connectivity index (χ2v) is 4.49. The molecular formula is C16H15N3O. The Balaban J connectivity index is 1.91. The fourth-order valence-electron chi connectivity index (χ4n) is 1.85. The standard InChI is InChI=1S/C16H15N3O/c1-12-4-2-6-14(8-12)11-18-16(20)19-15-7-3-5-13(9-15)10-17/h2-9H,11H2,1H3,(H2,18,19,20). The molecule has 4 nitrogen and oxygen atoms in total. The van der Waals surface area contributed by atoms with Gasteiger partial charge in [0, 0.05) is 12.2 Å². The first-order valence-electron chi connectivity index (χ1n) is 6.28. The monoisotopic (exact) mass is 265 g/mol. The van der Waals surface area contributed by atoms with Crippen LogP contribution in [0.15, 0.2) is 48.5 Å². The molecule has 0 unspecified atom stereocenters. The Morgan fingerprint density at radius 2 is 2.00 bits per heavy atom. The van der Waals surface area contributed by atoms with Gasteiger partial charge in [-0.05, 0) is 30.7 Å². The summed E-state index contributed by atoms with van der Waals surface area (Å²) in [6, 6.07) is 16.5. The molecule has 0 spiro atoms. The Labute approximate surface area is 118 Å². The van der Waals surface area contributed by atoms with E-state index in [1.165, 1.54) is 0 Å². The summed E-state index contributed by atoms with van der Waals surface area (Å²) in [7, 11) is 0. The Morgan fingerprint density at radius 1 is 1.20 bits per heavy atom. The highest BCUT2D eigenvalue weighted by atomic mass is 16.2. The van der Waals surface area contributed by atoms with Crippen molar-refractivity contribution in [3.05, 3.63) is 65.2 Å². The molecule has 20 heavy (non-hydrogen) atoms. The number of aryl methyl sites for hydroxylation is 1. The molecule has 0 atom stereocenters. The third-order valence-electron chi connectivity index (χ3n) is 2.79. The molecule has 2 amide bonds. The van der Waals surface area contributed by atoms with Crippen LogP contribution in [-0.2, 0) is 6.54 Å². The van der Waals surface area contributed by atoms with Crippen LogP contribution in [0.1, 0.15) is 16.7 Å². The number of nitrogens with one attached hydrogen (secondary N) is 2. The molecule has 0 fully saturated rings. The SMILES string of the molecule is Cc1cccc(CNC(=O)Nc2cccc(C#N)c2)c1. The van der Waals surface area contributed by atoms with E-state index in [0.717, 1.165) is 11.1 Å². The van der Waals surface area contributed by atoms with E-state index in [0.29, 0.717) is 17.8 Å². The largest absolute Gasteiger partial charge is 0.334 e. The van der Waals surface area contributed by atoms with Crippen molar-refractivity contribution in [2.45, 2.75) is 13.5 Å². The number of hydrogen-bond donors (Lipinski definition) is 2. The summed E-state index contributed by atoms with van der Waals surface area (Å²) in [5, 5.41) is 14.3. The highest BCUT2D eigenvalue weighted by Crippen LogP contribution is 2.09. The van der Waals surface area contributed by atoms with Crippen molar-refractivity contribution in [2.24, 2.45) is 0 Å². The fourth-order valence-corrected chi connectivity index (χ4v) is 1.85. The van der Waals surface area contributed by atoms with Gasteiger partial charge in [0.25, 0.3) is 0 Å². The van der Waals surface area contributed by atoms with E-state index < -0.39 is 0 Å². The lowest BCUT2D eigenvalue weighted by Crippen LogP contribution is -2.28. The van der Waals surface area contributed by atoms with E-state index in [4.69, 9.17) is 5.26 Å². The lowest BCUT2D eigenvalue weighted by atomic mass is 10.1. The van der Waals surface area contributed by atoms with E-state index in [2.05, 4.69) is 10.6 Å². The molecule has 0 saturated heterocycles. The number of amides is 2. The van der Waals surface area contributed by atoms with Gasteiger partial charge in [0.1, 0.15) is 0 Å². The Hall–Kier alpha value is -2.80. The van der Waals surface area contributed by atoms with E-state index >= 15 is 0 Å². The van der Waals surface area contributed by atoms with Crippen LogP contribution in [0.5, 0.6) is 0 Å². The van der Waals surface area contributed by atoms with Crippen LogP contribution >= 0.6 is 0 Å². The van der Waals surface area contributed by atoms with Crippen LogP contribution in [0.25, 0.3) is 0 Å². The molecule has 0 aliphatic carbocycles. The van der Waals surface area contributed by atoms with Crippen LogP contribution in [0, 0.1) is 18.3 Å². The predicted molar refractivity (Wildman–Crippen MR) is 78.2 cm³/mol. The van der Waals surface area contributed by atoms with Crippen molar-refractivity contribution in [3.8, 4) is 6.07 Å². The van der Waals surface area contributed by atoms with Gasteiger partial charge < -0.3 is 10.6 Å². The third-order valence-corrected chi connectivity index (χ3v) is 2.79. The van der Waals surface area contributed by atoms with E-state index in [1.807, 2.05) is 37.3 Å². The van der Waals surface area contributed by atoms with Crippen LogP contribution in [-0.4, -0.2) is 6.03 Å². The summed E-state index contributed by atoms with van der Waals surface area (Å²) in [6.45, 7) is 2.47. The summed E-state index contributed by atoms with van der Waals surface area (Å²) >= 11 is 0. The highest BCUT2D eigenvalue weighted by molar-refractivity contribution is 5.89. The number of nitriles is 1. The van der Waals surface area contributed by atoms with Crippen LogP contribution in [0.3, 0.4) is 0 Å². The minimum atomic E-state index is -0.290. The topological polar surface area (TPSA) is 64.9 Å². The maximum Gasteiger partial charge on any atom is 0.319 e. The second-order valence-electron chi connectivity index (χ2n) is 4.49. The minimum Gasteiger partial charge on any atom is -0.334 e. The van der Waals surface area contributed by atoms with Gasteiger partial charge in [-0.25, -0.2) is 4.79 Å². The van der Waals surface area contributed by atoms with Gasteiger partial charge in [0.2, 0.25) is 0 Å². The molecule has 4 heteroatoms. The van der Waals surface area contributed by atoms with Crippen molar-refractivity contribution in [1.29, 1.82) is 5.26 Å². The van der Waals surface area contributed by atoms with Gasteiger partial charge in [-0.1, -0.05) is 35.9 Å². The highest BCUT2D eigenvalue weighted by Gasteiger charge is 2.02. The number of nitrogens with zero attached hydrogens (tertiary/aromatic N) is 1. The molecule has 100 valence electrons. The lowest BCUT2D eigenvalue weighted by molar-refractivity contribution is 0.251. The molecule has 0 saturated carbocycles. The minimum absolute atomic E-state index is 0.290. The molecule has 0 aromatic heterocycles. The second kappa shape index (κ2) is 6.39. The maximum absolute atomic E-state index is 11.8. The summed E-state index contributed by atoms with van der Waals surface area (Å²) in [6.07, 6.45) is 0. The molecule has 2 rings (SSSR count). The van der Waals surface area contributed by atoms with Gasteiger partial charge in [-0.15, -0.1) is 0 Å². The van der Waals surface area contributed by atoms with Crippen LogP contribution in [0.4, 0.5) is 10.5 Å². The normalized spacial score (nSPS) is 9.60. The summed E-state index contributed by atoms with van der Waals surface area (Å²) < 4.78 is 0. The first-order valence-corrected chi connectivity index (χ1v) is 6.28. The molecule has 2 aromatic rings. The summed E-state index contributed by atoms with van der Waals surface area (Å²) in [5.41, 5.74) is 3.32. The molecule has 2 aromatic carbocycles. The number of carbonyl (C=O) groups excluding carboxylic acids is 1. The molecule has 0 heterocycles. The smallest absolute Gasteiger partial charge is 0.319 e. The third kappa shape index (κ3) is 3.85. The van der Waals surface area contributed by atoms with Crippen molar-refractivity contribution in [3.63, 3.8) is 0 Å². The molecule has 0 radical (unpaired) electrons. The van der Waals surface area contributed by atoms with E-state index in [-0.39, 0.29) is 6.03 Å². The van der Waals surface area contributed by atoms with E-state index in [1.54, 1.807) is 24.3 Å². The fraction of sp³-hybridized carbons (Fsp3) is 0.125. The van der Waals surface area contributed by atoms with Gasteiger partial charge >= 0.3 is 6.03 Å². The van der Waals surface area contributed by atoms with Crippen molar-refractivity contribution in [1.82, 2.24) is 5.32 Å². The molecule has 2 N–H and O–H groups in total. The average molecular weight is 265 g/mol. The predicted octanol–water partition coefficient (Wildman–Crippen LogP) is 3.19.